The zero-order chi connectivity index (χ0) is 9.35. The number of amides is 1. The molecule has 1 aliphatic rings. The number of alkyl halides is 2. The van der Waals surface area contributed by atoms with Crippen molar-refractivity contribution in [2.45, 2.75) is 38.7 Å². The number of carbonyl (C=O) groups excluding carboxylic acids is 1. The Morgan fingerprint density at radius 2 is 2.08 bits per heavy atom. The molecule has 12 heavy (non-hydrogen) atoms. The maximum atomic E-state index is 12.0. The Bertz CT molecular complexity index is 191. The highest BCUT2D eigenvalue weighted by Crippen LogP contribution is 2.29. The van der Waals surface area contributed by atoms with Crippen LogP contribution in [-0.2, 0) is 4.79 Å². The Morgan fingerprint density at radius 3 is 2.42 bits per heavy atom. The van der Waals surface area contributed by atoms with Crippen LogP contribution in [0.2, 0.25) is 0 Å². The molecule has 0 spiro atoms. The van der Waals surface area contributed by atoms with E-state index in [1.165, 1.54) is 4.90 Å². The zero-order valence-electron chi connectivity index (χ0n) is 7.31. The summed E-state index contributed by atoms with van der Waals surface area (Å²) in [5.74, 6) is -1.03. The first-order chi connectivity index (χ1) is 5.45. The van der Waals surface area contributed by atoms with E-state index in [1.807, 2.05) is 13.8 Å². The zero-order valence-corrected chi connectivity index (χ0v) is 7.31. The standard InChI is InChI=1S/C8H13F2NO/c1-8(2)4-3-5-11(8)7(12)6(9)10/h6H,3-5H2,1-2H3. The van der Waals surface area contributed by atoms with Crippen molar-refractivity contribution in [2.75, 3.05) is 6.54 Å². The molecule has 0 aromatic rings. The summed E-state index contributed by atoms with van der Waals surface area (Å²) in [6.45, 7) is 4.11. The summed E-state index contributed by atoms with van der Waals surface area (Å²) in [5, 5.41) is 0. The molecule has 70 valence electrons. The lowest BCUT2D eigenvalue weighted by Crippen LogP contribution is -2.45. The molecule has 1 heterocycles. The minimum atomic E-state index is -2.86. The quantitative estimate of drug-likeness (QED) is 0.596. The number of likely N-dealkylation sites (tertiary alicyclic amines) is 1. The van der Waals surface area contributed by atoms with E-state index in [1.54, 1.807) is 0 Å². The lowest BCUT2D eigenvalue weighted by atomic mass is 10.0. The number of hydrogen-bond donors (Lipinski definition) is 0. The van der Waals surface area contributed by atoms with E-state index < -0.39 is 12.3 Å². The lowest BCUT2D eigenvalue weighted by Gasteiger charge is -2.31. The van der Waals surface area contributed by atoms with Gasteiger partial charge in [-0.1, -0.05) is 0 Å². The van der Waals surface area contributed by atoms with Gasteiger partial charge in [-0.3, -0.25) is 4.79 Å². The normalized spacial score (nSPS) is 21.9. The van der Waals surface area contributed by atoms with E-state index in [-0.39, 0.29) is 5.54 Å². The highest BCUT2D eigenvalue weighted by molar-refractivity contribution is 5.80. The van der Waals surface area contributed by atoms with Crippen LogP contribution in [0.4, 0.5) is 8.78 Å². The van der Waals surface area contributed by atoms with Gasteiger partial charge in [0.1, 0.15) is 0 Å². The fourth-order valence-corrected chi connectivity index (χ4v) is 1.63. The topological polar surface area (TPSA) is 20.3 Å². The van der Waals surface area contributed by atoms with E-state index in [9.17, 15) is 13.6 Å². The van der Waals surface area contributed by atoms with Gasteiger partial charge in [-0.05, 0) is 26.7 Å². The van der Waals surface area contributed by atoms with E-state index >= 15 is 0 Å². The van der Waals surface area contributed by atoms with Crippen LogP contribution in [0.5, 0.6) is 0 Å². The minimum absolute atomic E-state index is 0.381. The first kappa shape index (κ1) is 9.42. The van der Waals surface area contributed by atoms with E-state index in [2.05, 4.69) is 0 Å². The van der Waals surface area contributed by atoms with Gasteiger partial charge in [0.15, 0.2) is 0 Å². The molecule has 1 aliphatic heterocycles. The summed E-state index contributed by atoms with van der Waals surface area (Å²) in [6.07, 6.45) is -1.22. The van der Waals surface area contributed by atoms with E-state index in [0.29, 0.717) is 6.54 Å². The Labute approximate surface area is 70.5 Å². The molecule has 0 radical (unpaired) electrons. The van der Waals surface area contributed by atoms with Gasteiger partial charge in [-0.15, -0.1) is 0 Å². The second-order valence-electron chi connectivity index (χ2n) is 3.71. The molecule has 0 bridgehead atoms. The summed E-state index contributed by atoms with van der Waals surface area (Å²) in [5.41, 5.74) is -0.381. The molecule has 0 aromatic carbocycles. The molecule has 1 saturated heterocycles. The van der Waals surface area contributed by atoms with Crippen LogP contribution < -0.4 is 0 Å². The van der Waals surface area contributed by atoms with Gasteiger partial charge in [-0.2, -0.15) is 8.78 Å². The molecule has 1 fully saturated rings. The number of halogens is 2. The monoisotopic (exact) mass is 177 g/mol. The molecular formula is C8H13F2NO. The van der Waals surface area contributed by atoms with Gasteiger partial charge in [0.25, 0.3) is 5.91 Å². The van der Waals surface area contributed by atoms with Crippen LogP contribution in [0.15, 0.2) is 0 Å². The second kappa shape index (κ2) is 2.99. The molecule has 0 unspecified atom stereocenters. The average molecular weight is 177 g/mol. The lowest BCUT2D eigenvalue weighted by molar-refractivity contribution is -0.146. The average Bonchev–Trinajstić information content (AvgIpc) is 2.27. The van der Waals surface area contributed by atoms with Gasteiger partial charge in [0.2, 0.25) is 0 Å². The number of nitrogens with zero attached hydrogens (tertiary/aromatic N) is 1. The van der Waals surface area contributed by atoms with Crippen molar-refractivity contribution in [3.05, 3.63) is 0 Å². The van der Waals surface area contributed by atoms with Crippen molar-refractivity contribution < 1.29 is 13.6 Å². The predicted molar refractivity (Wildman–Crippen MR) is 41.0 cm³/mol. The van der Waals surface area contributed by atoms with E-state index in [0.717, 1.165) is 12.8 Å². The molecule has 0 saturated carbocycles. The summed E-state index contributed by atoms with van der Waals surface area (Å²) in [6, 6.07) is 0. The fourth-order valence-electron chi connectivity index (χ4n) is 1.63. The molecule has 1 rings (SSSR count). The third kappa shape index (κ3) is 1.57. The Kier molecular flexibility index (Phi) is 2.35. The Balaban J connectivity index is 2.69. The van der Waals surface area contributed by atoms with Crippen LogP contribution in [0.1, 0.15) is 26.7 Å². The maximum Gasteiger partial charge on any atom is 0.315 e. The van der Waals surface area contributed by atoms with Crippen LogP contribution in [0.3, 0.4) is 0 Å². The summed E-state index contributed by atoms with van der Waals surface area (Å²) in [7, 11) is 0. The van der Waals surface area contributed by atoms with Crippen LogP contribution in [-0.4, -0.2) is 29.3 Å². The number of rotatable bonds is 1. The molecule has 1 amide bonds. The van der Waals surface area contributed by atoms with Gasteiger partial charge >= 0.3 is 6.43 Å². The predicted octanol–water partition coefficient (Wildman–Crippen LogP) is 1.65. The fraction of sp³-hybridized carbons (Fsp3) is 0.875. The molecule has 0 atom stereocenters. The maximum absolute atomic E-state index is 12.0. The molecule has 0 aliphatic carbocycles. The molecule has 0 aromatic heterocycles. The van der Waals surface area contributed by atoms with Crippen molar-refractivity contribution in [3.8, 4) is 0 Å². The van der Waals surface area contributed by atoms with Crippen molar-refractivity contribution >= 4 is 5.91 Å². The van der Waals surface area contributed by atoms with Crippen LogP contribution >= 0.6 is 0 Å². The second-order valence-corrected chi connectivity index (χ2v) is 3.71. The van der Waals surface area contributed by atoms with Gasteiger partial charge < -0.3 is 4.90 Å². The number of hydrogen-bond acceptors (Lipinski definition) is 1. The molecular weight excluding hydrogens is 164 g/mol. The SMILES string of the molecule is CC1(C)CCCN1C(=O)C(F)F. The van der Waals surface area contributed by atoms with Crippen molar-refractivity contribution in [2.24, 2.45) is 0 Å². The third-order valence-electron chi connectivity index (χ3n) is 2.35. The first-order valence-corrected chi connectivity index (χ1v) is 4.05. The molecule has 0 N–H and O–H groups in total. The third-order valence-corrected chi connectivity index (χ3v) is 2.35. The highest BCUT2D eigenvalue weighted by Gasteiger charge is 2.38. The van der Waals surface area contributed by atoms with Crippen LogP contribution in [0, 0.1) is 0 Å². The number of carbonyl (C=O) groups is 1. The Hall–Kier alpha value is -0.670. The van der Waals surface area contributed by atoms with Gasteiger partial charge in [-0.25, -0.2) is 0 Å². The van der Waals surface area contributed by atoms with Gasteiger partial charge in [0.05, 0.1) is 0 Å². The minimum Gasteiger partial charge on any atom is -0.333 e. The molecule has 2 nitrogen and oxygen atoms in total. The van der Waals surface area contributed by atoms with Crippen LogP contribution in [0.25, 0.3) is 0 Å². The highest BCUT2D eigenvalue weighted by atomic mass is 19.3. The summed E-state index contributed by atoms with van der Waals surface area (Å²) < 4.78 is 24.1. The van der Waals surface area contributed by atoms with Crippen molar-refractivity contribution in [3.63, 3.8) is 0 Å². The van der Waals surface area contributed by atoms with E-state index in [4.69, 9.17) is 0 Å². The largest absolute Gasteiger partial charge is 0.333 e. The smallest absolute Gasteiger partial charge is 0.315 e. The van der Waals surface area contributed by atoms with Gasteiger partial charge in [0, 0.05) is 12.1 Å². The molecule has 4 heteroatoms. The first-order valence-electron chi connectivity index (χ1n) is 4.05. The van der Waals surface area contributed by atoms with Crippen molar-refractivity contribution in [1.29, 1.82) is 0 Å². The Morgan fingerprint density at radius 1 is 1.50 bits per heavy atom. The summed E-state index contributed by atoms with van der Waals surface area (Å²) >= 11 is 0. The van der Waals surface area contributed by atoms with Crippen molar-refractivity contribution in [1.82, 2.24) is 4.90 Å². The summed E-state index contributed by atoms with van der Waals surface area (Å²) in [4.78, 5) is 12.2.